The minimum atomic E-state index is 0.736. The lowest BCUT2D eigenvalue weighted by atomic mass is 10.1. The van der Waals surface area contributed by atoms with Gasteiger partial charge in [0.05, 0.1) is 6.61 Å². The Balaban J connectivity index is 1.82. The van der Waals surface area contributed by atoms with Crippen LogP contribution in [0, 0.1) is 6.42 Å². The van der Waals surface area contributed by atoms with E-state index in [9.17, 15) is 0 Å². The first-order valence-corrected chi connectivity index (χ1v) is 7.43. The highest BCUT2D eigenvalue weighted by Gasteiger charge is 1.94. The van der Waals surface area contributed by atoms with Crippen LogP contribution in [-0.4, -0.2) is 6.61 Å². The summed E-state index contributed by atoms with van der Waals surface area (Å²) < 4.78 is 5.61. The van der Waals surface area contributed by atoms with Crippen LogP contribution in [0.4, 0.5) is 0 Å². The highest BCUT2D eigenvalue weighted by molar-refractivity contribution is 5.20. The zero-order chi connectivity index (χ0) is 12.9. The molecule has 0 amide bonds. The van der Waals surface area contributed by atoms with Crippen molar-refractivity contribution in [1.82, 2.24) is 0 Å². The summed E-state index contributed by atoms with van der Waals surface area (Å²) in [5.41, 5.74) is 0. The van der Waals surface area contributed by atoms with E-state index in [-0.39, 0.29) is 0 Å². The molecule has 1 nitrogen and oxygen atoms in total. The Bertz CT molecular complexity index is 268. The Morgan fingerprint density at radius 1 is 0.889 bits per heavy atom. The van der Waals surface area contributed by atoms with E-state index in [1.807, 2.05) is 30.3 Å². The van der Waals surface area contributed by atoms with E-state index in [0.717, 1.165) is 12.4 Å². The van der Waals surface area contributed by atoms with Gasteiger partial charge in [-0.2, -0.15) is 0 Å². The first-order valence-electron chi connectivity index (χ1n) is 7.43. The number of rotatable bonds is 11. The normalized spacial score (nSPS) is 10.5. The van der Waals surface area contributed by atoms with Crippen LogP contribution in [-0.2, 0) is 0 Å². The van der Waals surface area contributed by atoms with Crippen molar-refractivity contribution < 1.29 is 4.74 Å². The van der Waals surface area contributed by atoms with E-state index in [1.54, 1.807) is 0 Å². The summed E-state index contributed by atoms with van der Waals surface area (Å²) in [4.78, 5) is 0. The maximum absolute atomic E-state index is 5.61. The van der Waals surface area contributed by atoms with Gasteiger partial charge in [-0.15, -0.1) is 0 Å². The molecule has 1 heteroatoms. The molecule has 1 aromatic carbocycles. The van der Waals surface area contributed by atoms with Gasteiger partial charge < -0.3 is 4.74 Å². The molecular formula is C17H27O. The molecule has 1 radical (unpaired) electrons. The summed E-state index contributed by atoms with van der Waals surface area (Å²) in [5.74, 6) is 0.966. The number of benzene rings is 1. The third-order valence-electron chi connectivity index (χ3n) is 3.12. The average molecular weight is 247 g/mol. The largest absolute Gasteiger partial charge is 0.493 e. The summed E-state index contributed by atoms with van der Waals surface area (Å²) in [6.07, 6.45) is 13.1. The van der Waals surface area contributed by atoms with Crippen molar-refractivity contribution >= 4 is 0 Å². The molecule has 0 aromatic heterocycles. The lowest BCUT2D eigenvalue weighted by Crippen LogP contribution is -1.97. The van der Waals surface area contributed by atoms with Crippen molar-refractivity contribution in [3.8, 4) is 5.75 Å². The van der Waals surface area contributed by atoms with Crippen molar-refractivity contribution in [2.45, 2.75) is 58.3 Å². The summed E-state index contributed by atoms with van der Waals surface area (Å²) >= 11 is 0. The van der Waals surface area contributed by atoms with Gasteiger partial charge >= 0.3 is 0 Å². The molecule has 0 saturated carbocycles. The SMILES string of the molecule is CCCCCCCCC[CH]COc1ccccc1. The minimum Gasteiger partial charge on any atom is -0.493 e. The average Bonchev–Trinajstić information content (AvgIpc) is 2.42. The van der Waals surface area contributed by atoms with Crippen molar-refractivity contribution in [2.75, 3.05) is 6.61 Å². The van der Waals surface area contributed by atoms with Crippen LogP contribution in [0.3, 0.4) is 0 Å². The molecule has 101 valence electrons. The van der Waals surface area contributed by atoms with Crippen LogP contribution >= 0.6 is 0 Å². The minimum absolute atomic E-state index is 0.736. The molecule has 0 saturated heterocycles. The smallest absolute Gasteiger partial charge is 0.119 e. The quantitative estimate of drug-likeness (QED) is 0.475. The Morgan fingerprint density at radius 3 is 2.28 bits per heavy atom. The van der Waals surface area contributed by atoms with Crippen LogP contribution in [0.1, 0.15) is 58.3 Å². The molecule has 0 unspecified atom stereocenters. The highest BCUT2D eigenvalue weighted by Crippen LogP contribution is 2.11. The zero-order valence-electron chi connectivity index (χ0n) is 11.7. The van der Waals surface area contributed by atoms with Gasteiger partial charge in [0.2, 0.25) is 0 Å². The predicted molar refractivity (Wildman–Crippen MR) is 78.8 cm³/mol. The number of ether oxygens (including phenoxy) is 1. The third kappa shape index (κ3) is 8.16. The van der Waals surface area contributed by atoms with Crippen molar-refractivity contribution in [2.24, 2.45) is 0 Å². The lowest BCUT2D eigenvalue weighted by molar-refractivity contribution is 0.343. The van der Waals surface area contributed by atoms with Crippen molar-refractivity contribution in [3.05, 3.63) is 36.8 Å². The lowest BCUT2D eigenvalue weighted by Gasteiger charge is -2.05. The van der Waals surface area contributed by atoms with E-state index in [1.165, 1.54) is 51.4 Å². The number of hydrogen-bond acceptors (Lipinski definition) is 1. The maximum Gasteiger partial charge on any atom is 0.119 e. The van der Waals surface area contributed by atoms with E-state index < -0.39 is 0 Å². The molecular weight excluding hydrogens is 220 g/mol. The standard InChI is InChI=1S/C17H27O/c1-2-3-4-5-6-7-8-9-13-16-18-17-14-11-10-12-15-17/h10-15H,2-9,16H2,1H3. The van der Waals surface area contributed by atoms with Crippen molar-refractivity contribution in [3.63, 3.8) is 0 Å². The Kier molecular flexibility index (Phi) is 9.32. The second kappa shape index (κ2) is 11.1. The van der Waals surface area contributed by atoms with Crippen LogP contribution in [0.5, 0.6) is 5.75 Å². The predicted octanol–water partition coefficient (Wildman–Crippen LogP) is 5.41. The molecule has 0 aliphatic rings. The van der Waals surface area contributed by atoms with E-state index in [4.69, 9.17) is 4.74 Å². The van der Waals surface area contributed by atoms with Crippen LogP contribution in [0.2, 0.25) is 0 Å². The second-order valence-corrected chi connectivity index (χ2v) is 4.82. The number of unbranched alkanes of at least 4 members (excludes halogenated alkanes) is 8. The maximum atomic E-state index is 5.61. The van der Waals surface area contributed by atoms with Gasteiger partial charge in [-0.1, -0.05) is 70.1 Å². The molecule has 0 bridgehead atoms. The first-order chi connectivity index (χ1) is 8.93. The zero-order valence-corrected chi connectivity index (χ0v) is 11.7. The Hall–Kier alpha value is -0.980. The topological polar surface area (TPSA) is 9.23 Å². The van der Waals surface area contributed by atoms with Crippen molar-refractivity contribution in [1.29, 1.82) is 0 Å². The molecule has 0 atom stereocenters. The van der Waals surface area contributed by atoms with Gasteiger partial charge in [-0.05, 0) is 25.0 Å². The number of hydrogen-bond donors (Lipinski definition) is 0. The monoisotopic (exact) mass is 247 g/mol. The van der Waals surface area contributed by atoms with Crippen LogP contribution < -0.4 is 4.74 Å². The molecule has 0 aliphatic heterocycles. The fourth-order valence-corrected chi connectivity index (χ4v) is 2.00. The van der Waals surface area contributed by atoms with Gasteiger partial charge in [0.1, 0.15) is 5.75 Å². The van der Waals surface area contributed by atoms with Crippen LogP contribution in [0.15, 0.2) is 30.3 Å². The first kappa shape index (κ1) is 15.1. The summed E-state index contributed by atoms with van der Waals surface area (Å²) in [6, 6.07) is 10.0. The molecule has 0 aliphatic carbocycles. The summed E-state index contributed by atoms with van der Waals surface area (Å²) in [5, 5.41) is 0. The van der Waals surface area contributed by atoms with Gasteiger partial charge in [0, 0.05) is 0 Å². The fourth-order valence-electron chi connectivity index (χ4n) is 2.00. The van der Waals surface area contributed by atoms with Crippen LogP contribution in [0.25, 0.3) is 0 Å². The summed E-state index contributed by atoms with van der Waals surface area (Å²) in [7, 11) is 0. The molecule has 18 heavy (non-hydrogen) atoms. The van der Waals surface area contributed by atoms with Gasteiger partial charge in [0.25, 0.3) is 0 Å². The fraction of sp³-hybridized carbons (Fsp3) is 0.588. The van der Waals surface area contributed by atoms with E-state index >= 15 is 0 Å². The van der Waals surface area contributed by atoms with Gasteiger partial charge in [0.15, 0.2) is 0 Å². The molecule has 0 spiro atoms. The van der Waals surface area contributed by atoms with E-state index in [2.05, 4.69) is 13.3 Å². The molecule has 1 rings (SSSR count). The second-order valence-electron chi connectivity index (χ2n) is 4.82. The Morgan fingerprint density at radius 2 is 1.56 bits per heavy atom. The third-order valence-corrected chi connectivity index (χ3v) is 3.12. The highest BCUT2D eigenvalue weighted by atomic mass is 16.5. The molecule has 0 heterocycles. The number of para-hydroxylation sites is 1. The molecule has 0 fully saturated rings. The van der Waals surface area contributed by atoms with Gasteiger partial charge in [-0.3, -0.25) is 0 Å². The Labute approximate surface area is 113 Å². The van der Waals surface area contributed by atoms with Gasteiger partial charge in [-0.25, -0.2) is 0 Å². The van der Waals surface area contributed by atoms with E-state index in [0.29, 0.717) is 0 Å². The molecule has 1 aromatic rings. The summed E-state index contributed by atoms with van der Waals surface area (Å²) in [6.45, 7) is 3.00. The molecule has 0 N–H and O–H groups in total.